The van der Waals surface area contributed by atoms with Crippen LogP contribution in [0, 0.1) is 5.82 Å². The van der Waals surface area contributed by atoms with Crippen molar-refractivity contribution in [2.45, 2.75) is 6.92 Å². The van der Waals surface area contributed by atoms with Crippen molar-refractivity contribution in [3.05, 3.63) is 29.4 Å². The van der Waals surface area contributed by atoms with Crippen LogP contribution in [0.3, 0.4) is 0 Å². The van der Waals surface area contributed by atoms with Crippen molar-refractivity contribution in [3.8, 4) is 17.1 Å². The first-order chi connectivity index (χ1) is 10.6. The number of nitrogens with zero attached hydrogens (tertiary/aromatic N) is 5. The van der Waals surface area contributed by atoms with E-state index in [4.69, 9.17) is 22.1 Å². The molecular formula is C13H10ClFN6O. The number of anilines is 1. The molecule has 3 aromatic heterocycles. The Morgan fingerprint density at radius 1 is 1.27 bits per heavy atom. The topological polar surface area (TPSA) is 99.7 Å². The lowest BCUT2D eigenvalue weighted by molar-refractivity contribution is 0.330. The van der Waals surface area contributed by atoms with Crippen LogP contribution in [0.15, 0.2) is 18.5 Å². The molecule has 9 heteroatoms. The summed E-state index contributed by atoms with van der Waals surface area (Å²) in [6.45, 7) is 2.16. The van der Waals surface area contributed by atoms with Gasteiger partial charge in [0.15, 0.2) is 22.1 Å². The normalized spacial score (nSPS) is 10.9. The number of pyridine rings is 1. The number of nitrogen functional groups attached to an aromatic ring is 1. The molecule has 22 heavy (non-hydrogen) atoms. The molecule has 0 amide bonds. The van der Waals surface area contributed by atoms with Gasteiger partial charge in [0.2, 0.25) is 11.8 Å². The monoisotopic (exact) mass is 320 g/mol. The van der Waals surface area contributed by atoms with Crippen molar-refractivity contribution in [3.63, 3.8) is 0 Å². The zero-order valence-electron chi connectivity index (χ0n) is 11.4. The van der Waals surface area contributed by atoms with E-state index in [1.165, 1.54) is 18.5 Å². The Labute approximate surface area is 129 Å². The summed E-state index contributed by atoms with van der Waals surface area (Å²) in [5.74, 6) is -0.455. The summed E-state index contributed by atoms with van der Waals surface area (Å²) in [7, 11) is 0. The van der Waals surface area contributed by atoms with Gasteiger partial charge in [-0.25, -0.2) is 19.3 Å². The average Bonchev–Trinajstić information content (AvgIpc) is 2.50. The Morgan fingerprint density at radius 3 is 2.86 bits per heavy atom. The molecule has 0 aliphatic carbocycles. The molecule has 3 aromatic rings. The van der Waals surface area contributed by atoms with E-state index in [1.807, 2.05) is 0 Å². The lowest BCUT2D eigenvalue weighted by atomic mass is 10.2. The molecule has 0 aromatic carbocycles. The number of hydrogen-bond donors (Lipinski definition) is 1. The third kappa shape index (κ3) is 2.48. The van der Waals surface area contributed by atoms with E-state index in [0.717, 1.165) is 0 Å². The first-order valence-electron chi connectivity index (χ1n) is 6.33. The summed E-state index contributed by atoms with van der Waals surface area (Å²) < 4.78 is 19.4. The Morgan fingerprint density at radius 2 is 2.09 bits per heavy atom. The lowest BCUT2D eigenvalue weighted by Crippen LogP contribution is -2.04. The SMILES string of the molecule is CCOc1nc(N)nc2ncc(-c3ccnc(Cl)c3F)nc12. The van der Waals surface area contributed by atoms with Crippen LogP contribution in [0.2, 0.25) is 5.15 Å². The first kappa shape index (κ1) is 14.3. The van der Waals surface area contributed by atoms with Gasteiger partial charge in [0.05, 0.1) is 18.5 Å². The maximum Gasteiger partial charge on any atom is 0.247 e. The third-order valence-corrected chi connectivity index (χ3v) is 3.06. The van der Waals surface area contributed by atoms with Crippen molar-refractivity contribution in [2.24, 2.45) is 0 Å². The van der Waals surface area contributed by atoms with Gasteiger partial charge in [-0.1, -0.05) is 11.6 Å². The minimum atomic E-state index is -0.674. The van der Waals surface area contributed by atoms with Crippen LogP contribution in [0.4, 0.5) is 10.3 Å². The molecule has 0 aliphatic rings. The number of aromatic nitrogens is 5. The Hall–Kier alpha value is -2.61. The smallest absolute Gasteiger partial charge is 0.247 e. The van der Waals surface area contributed by atoms with Crippen LogP contribution < -0.4 is 10.5 Å². The van der Waals surface area contributed by atoms with Gasteiger partial charge in [-0.05, 0) is 13.0 Å². The molecule has 0 spiro atoms. The second-order valence-corrected chi connectivity index (χ2v) is 4.57. The number of ether oxygens (including phenoxy) is 1. The van der Waals surface area contributed by atoms with Gasteiger partial charge in [-0.15, -0.1) is 0 Å². The molecule has 0 saturated carbocycles. The van der Waals surface area contributed by atoms with Crippen LogP contribution >= 0.6 is 11.6 Å². The van der Waals surface area contributed by atoms with Gasteiger partial charge in [0.1, 0.15) is 0 Å². The third-order valence-electron chi connectivity index (χ3n) is 2.80. The highest BCUT2D eigenvalue weighted by atomic mass is 35.5. The molecule has 0 fully saturated rings. The molecule has 0 saturated heterocycles. The Kier molecular flexibility index (Phi) is 3.68. The number of halogens is 2. The Bertz CT molecular complexity index is 859. The predicted octanol–water partition coefficient (Wildman–Crippen LogP) is 2.26. The second-order valence-electron chi connectivity index (χ2n) is 4.21. The molecule has 7 nitrogen and oxygen atoms in total. The quantitative estimate of drug-likeness (QED) is 0.739. The zero-order valence-corrected chi connectivity index (χ0v) is 12.2. The number of nitrogens with two attached hydrogens (primary N) is 1. The lowest BCUT2D eigenvalue weighted by Gasteiger charge is -2.08. The number of rotatable bonds is 3. The molecule has 2 N–H and O–H groups in total. The summed E-state index contributed by atoms with van der Waals surface area (Å²) >= 11 is 5.68. The van der Waals surface area contributed by atoms with Crippen molar-refractivity contribution in [2.75, 3.05) is 12.3 Å². The van der Waals surface area contributed by atoms with Gasteiger partial charge < -0.3 is 10.5 Å². The maximum absolute atomic E-state index is 14.1. The van der Waals surface area contributed by atoms with Crippen LogP contribution in [-0.2, 0) is 0 Å². The summed E-state index contributed by atoms with van der Waals surface area (Å²) in [5.41, 5.74) is 6.59. The van der Waals surface area contributed by atoms with Crippen LogP contribution in [0.1, 0.15) is 6.92 Å². The van der Waals surface area contributed by atoms with Crippen LogP contribution in [0.25, 0.3) is 22.4 Å². The predicted molar refractivity (Wildman–Crippen MR) is 78.9 cm³/mol. The average molecular weight is 321 g/mol. The molecule has 0 atom stereocenters. The second kappa shape index (κ2) is 5.64. The minimum Gasteiger partial charge on any atom is -0.476 e. The van der Waals surface area contributed by atoms with Crippen LogP contribution in [-0.4, -0.2) is 31.5 Å². The van der Waals surface area contributed by atoms with Crippen molar-refractivity contribution >= 4 is 28.7 Å². The van der Waals surface area contributed by atoms with E-state index in [1.54, 1.807) is 6.92 Å². The van der Waals surface area contributed by atoms with Gasteiger partial charge in [-0.2, -0.15) is 9.97 Å². The number of fused-ring (bicyclic) bond motifs is 1. The molecule has 112 valence electrons. The van der Waals surface area contributed by atoms with Crippen molar-refractivity contribution < 1.29 is 9.13 Å². The standard InChI is InChI=1S/C13H10ClFN6O/c1-2-22-12-9-11(20-13(16)21-12)18-5-7(19-9)6-3-4-17-10(14)8(6)15/h3-5H,2H2,1H3,(H2,16,18,20,21). The molecular weight excluding hydrogens is 311 g/mol. The van der Waals surface area contributed by atoms with Gasteiger partial charge in [0, 0.05) is 11.8 Å². The van der Waals surface area contributed by atoms with Crippen molar-refractivity contribution in [1.29, 1.82) is 0 Å². The van der Waals surface area contributed by atoms with Crippen molar-refractivity contribution in [1.82, 2.24) is 24.9 Å². The fraction of sp³-hybridized carbons (Fsp3) is 0.154. The summed E-state index contributed by atoms with van der Waals surface area (Å²) in [5, 5.41) is -0.238. The van der Waals surface area contributed by atoms with E-state index in [2.05, 4.69) is 24.9 Å². The van der Waals surface area contributed by atoms with Gasteiger partial charge in [-0.3, -0.25) is 0 Å². The van der Waals surface area contributed by atoms with Gasteiger partial charge >= 0.3 is 0 Å². The first-order valence-corrected chi connectivity index (χ1v) is 6.71. The fourth-order valence-electron chi connectivity index (χ4n) is 1.88. The van der Waals surface area contributed by atoms with E-state index in [0.29, 0.717) is 12.1 Å². The van der Waals surface area contributed by atoms with Crippen LogP contribution in [0.5, 0.6) is 5.88 Å². The summed E-state index contributed by atoms with van der Waals surface area (Å²) in [6.07, 6.45) is 2.76. The highest BCUT2D eigenvalue weighted by Crippen LogP contribution is 2.27. The van der Waals surface area contributed by atoms with E-state index < -0.39 is 5.82 Å². The molecule has 0 unspecified atom stereocenters. The minimum absolute atomic E-state index is 0.0242. The molecule has 3 heterocycles. The fourth-order valence-corrected chi connectivity index (χ4v) is 2.04. The highest BCUT2D eigenvalue weighted by molar-refractivity contribution is 6.29. The highest BCUT2D eigenvalue weighted by Gasteiger charge is 2.15. The summed E-state index contributed by atoms with van der Waals surface area (Å²) in [6, 6.07) is 1.45. The van der Waals surface area contributed by atoms with E-state index in [-0.39, 0.29) is 33.9 Å². The van der Waals surface area contributed by atoms with E-state index in [9.17, 15) is 4.39 Å². The largest absolute Gasteiger partial charge is 0.476 e. The maximum atomic E-state index is 14.1. The molecule has 0 bridgehead atoms. The van der Waals surface area contributed by atoms with E-state index >= 15 is 0 Å². The van der Waals surface area contributed by atoms with Gasteiger partial charge in [0.25, 0.3) is 0 Å². The molecule has 0 radical (unpaired) electrons. The zero-order chi connectivity index (χ0) is 15.7. The Balaban J connectivity index is 2.22. The number of hydrogen-bond acceptors (Lipinski definition) is 7. The molecule has 0 aliphatic heterocycles. The summed E-state index contributed by atoms with van der Waals surface area (Å²) in [4.78, 5) is 20.1. The molecule has 3 rings (SSSR count).